The lowest BCUT2D eigenvalue weighted by molar-refractivity contribution is 0.247. The zero-order valence-corrected chi connectivity index (χ0v) is 15.1. The van der Waals surface area contributed by atoms with Gasteiger partial charge in [-0.25, -0.2) is 0 Å². The van der Waals surface area contributed by atoms with Crippen molar-refractivity contribution in [2.45, 2.75) is 31.2 Å². The third kappa shape index (κ3) is 2.18. The fraction of sp³-hybridized carbons (Fsp3) is 0.400. The first kappa shape index (κ1) is 14.4. The molecular formula is C20H19BrClN. The van der Waals surface area contributed by atoms with Crippen molar-refractivity contribution in [3.8, 4) is 0 Å². The Morgan fingerprint density at radius 2 is 1.78 bits per heavy atom. The van der Waals surface area contributed by atoms with Crippen molar-refractivity contribution >= 4 is 33.2 Å². The van der Waals surface area contributed by atoms with Crippen LogP contribution in [0.3, 0.4) is 0 Å². The Hall–Kier alpha value is -0.990. The zero-order chi connectivity index (χ0) is 15.6. The van der Waals surface area contributed by atoms with Gasteiger partial charge in [0.2, 0.25) is 0 Å². The van der Waals surface area contributed by atoms with E-state index in [1.807, 2.05) is 6.07 Å². The second kappa shape index (κ2) is 5.26. The molecule has 5 rings (SSSR count). The molecule has 2 saturated carbocycles. The second-order valence-electron chi connectivity index (χ2n) is 7.34. The summed E-state index contributed by atoms with van der Waals surface area (Å²) in [7, 11) is 0. The van der Waals surface area contributed by atoms with Crippen LogP contribution in [0.1, 0.15) is 42.3 Å². The number of benzene rings is 2. The third-order valence-corrected chi connectivity index (χ3v) is 7.04. The van der Waals surface area contributed by atoms with Crippen LogP contribution in [0.25, 0.3) is 0 Å². The summed E-state index contributed by atoms with van der Waals surface area (Å²) in [5.41, 5.74) is 4.16. The van der Waals surface area contributed by atoms with Gasteiger partial charge in [0.15, 0.2) is 0 Å². The van der Waals surface area contributed by atoms with Gasteiger partial charge in [0.05, 0.1) is 6.04 Å². The molecule has 2 aromatic rings. The summed E-state index contributed by atoms with van der Waals surface area (Å²) in [6.07, 6.45) is 4.19. The highest BCUT2D eigenvalue weighted by Gasteiger charge is 2.53. The molecule has 2 aliphatic carbocycles. The molecule has 1 nitrogen and oxygen atoms in total. The van der Waals surface area contributed by atoms with Crippen molar-refractivity contribution < 1.29 is 0 Å². The van der Waals surface area contributed by atoms with Crippen molar-refractivity contribution in [3.63, 3.8) is 0 Å². The Labute approximate surface area is 150 Å². The Morgan fingerprint density at radius 1 is 1.00 bits per heavy atom. The van der Waals surface area contributed by atoms with Crippen molar-refractivity contribution in [1.29, 1.82) is 0 Å². The fourth-order valence-electron chi connectivity index (χ4n) is 5.46. The van der Waals surface area contributed by atoms with E-state index in [9.17, 15) is 0 Å². The van der Waals surface area contributed by atoms with Crippen LogP contribution in [-0.4, -0.2) is 0 Å². The number of hydrogen-bond donors (Lipinski definition) is 1. The standard InChI is InChI=1S/C20H19BrClN/c21-14-5-3-11(4-6-14)20-19-13-2-1-12(9-13)18(19)16-10-15(22)7-8-17(16)23-20/h3-8,10,12-13,18-20,23H,1-2,9H2/t12-,13+,18-,19-,20+/m1/s1. The van der Waals surface area contributed by atoms with Crippen LogP contribution in [0, 0.1) is 17.8 Å². The molecule has 3 heteroatoms. The summed E-state index contributed by atoms with van der Waals surface area (Å²) in [6, 6.07) is 15.7. The topological polar surface area (TPSA) is 12.0 Å². The average molecular weight is 389 g/mol. The molecule has 0 unspecified atom stereocenters. The van der Waals surface area contributed by atoms with Gasteiger partial charge in [0.25, 0.3) is 0 Å². The van der Waals surface area contributed by atoms with Crippen molar-refractivity contribution in [2.24, 2.45) is 17.8 Å². The molecule has 1 N–H and O–H groups in total. The maximum Gasteiger partial charge on any atom is 0.0550 e. The Kier molecular flexibility index (Phi) is 3.28. The van der Waals surface area contributed by atoms with Crippen LogP contribution in [-0.2, 0) is 0 Å². The van der Waals surface area contributed by atoms with Gasteiger partial charge in [0, 0.05) is 15.2 Å². The molecule has 0 radical (unpaired) electrons. The van der Waals surface area contributed by atoms with E-state index in [1.54, 1.807) is 0 Å². The molecule has 5 atom stereocenters. The Balaban J connectivity index is 1.63. The highest BCUT2D eigenvalue weighted by Crippen LogP contribution is 2.63. The molecule has 23 heavy (non-hydrogen) atoms. The summed E-state index contributed by atoms with van der Waals surface area (Å²) in [4.78, 5) is 0. The van der Waals surface area contributed by atoms with E-state index in [-0.39, 0.29) is 0 Å². The summed E-state index contributed by atoms with van der Waals surface area (Å²) >= 11 is 9.86. The number of rotatable bonds is 1. The smallest absolute Gasteiger partial charge is 0.0550 e. The van der Waals surface area contributed by atoms with E-state index in [1.165, 1.54) is 36.1 Å². The number of anilines is 1. The van der Waals surface area contributed by atoms with E-state index < -0.39 is 0 Å². The molecule has 2 bridgehead atoms. The SMILES string of the molecule is Clc1ccc2c(c1)[C@H]1[C@@H]3CC[C@@H](C3)[C@H]1[C@H](c1ccc(Br)cc1)N2. The first-order chi connectivity index (χ1) is 11.2. The Bertz CT molecular complexity index is 757. The fourth-order valence-corrected chi connectivity index (χ4v) is 5.90. The van der Waals surface area contributed by atoms with E-state index in [4.69, 9.17) is 11.6 Å². The van der Waals surface area contributed by atoms with Gasteiger partial charge in [-0.2, -0.15) is 0 Å². The van der Waals surface area contributed by atoms with E-state index in [2.05, 4.69) is 57.6 Å². The number of nitrogens with one attached hydrogen (secondary N) is 1. The Morgan fingerprint density at radius 3 is 2.61 bits per heavy atom. The highest BCUT2D eigenvalue weighted by atomic mass is 79.9. The minimum absolute atomic E-state index is 0.428. The second-order valence-corrected chi connectivity index (χ2v) is 8.69. The van der Waals surface area contributed by atoms with E-state index in [0.717, 1.165) is 21.3 Å². The van der Waals surface area contributed by atoms with Gasteiger partial charge in [-0.15, -0.1) is 0 Å². The van der Waals surface area contributed by atoms with Crippen LogP contribution in [0.5, 0.6) is 0 Å². The molecule has 2 fully saturated rings. The van der Waals surface area contributed by atoms with Gasteiger partial charge in [-0.05, 0) is 84.4 Å². The molecule has 0 amide bonds. The van der Waals surface area contributed by atoms with Crippen LogP contribution in [0.15, 0.2) is 46.9 Å². The first-order valence-corrected chi connectivity index (χ1v) is 9.69. The van der Waals surface area contributed by atoms with E-state index >= 15 is 0 Å². The van der Waals surface area contributed by atoms with Crippen molar-refractivity contribution in [2.75, 3.05) is 5.32 Å². The van der Waals surface area contributed by atoms with Crippen molar-refractivity contribution in [1.82, 2.24) is 0 Å². The molecule has 1 aliphatic heterocycles. The number of hydrogen-bond acceptors (Lipinski definition) is 1. The molecule has 0 aromatic heterocycles. The van der Waals surface area contributed by atoms with Crippen molar-refractivity contribution in [3.05, 3.63) is 63.1 Å². The van der Waals surface area contributed by atoms with Gasteiger partial charge in [-0.3, -0.25) is 0 Å². The zero-order valence-electron chi connectivity index (χ0n) is 12.8. The molecular weight excluding hydrogens is 370 g/mol. The number of halogens is 2. The maximum absolute atomic E-state index is 6.31. The minimum Gasteiger partial charge on any atom is -0.378 e. The predicted molar refractivity (Wildman–Crippen MR) is 99.0 cm³/mol. The monoisotopic (exact) mass is 387 g/mol. The average Bonchev–Trinajstić information content (AvgIpc) is 3.17. The molecule has 118 valence electrons. The largest absolute Gasteiger partial charge is 0.378 e. The molecule has 2 aromatic carbocycles. The van der Waals surface area contributed by atoms with Gasteiger partial charge in [-0.1, -0.05) is 39.7 Å². The van der Waals surface area contributed by atoms with Crippen LogP contribution in [0.4, 0.5) is 5.69 Å². The molecule has 0 saturated heterocycles. The molecule has 1 heterocycles. The van der Waals surface area contributed by atoms with Crippen LogP contribution in [0.2, 0.25) is 5.02 Å². The van der Waals surface area contributed by atoms with Gasteiger partial charge < -0.3 is 5.32 Å². The maximum atomic E-state index is 6.31. The quantitative estimate of drug-likeness (QED) is 0.596. The summed E-state index contributed by atoms with van der Waals surface area (Å²) < 4.78 is 1.15. The lowest BCUT2D eigenvalue weighted by atomic mass is 9.68. The van der Waals surface area contributed by atoms with Crippen LogP contribution >= 0.6 is 27.5 Å². The summed E-state index contributed by atoms with van der Waals surface area (Å²) in [6.45, 7) is 0. The minimum atomic E-state index is 0.428. The van der Waals surface area contributed by atoms with Gasteiger partial charge >= 0.3 is 0 Å². The lowest BCUT2D eigenvalue weighted by Gasteiger charge is -2.43. The number of fused-ring (bicyclic) bond motifs is 7. The first-order valence-electron chi connectivity index (χ1n) is 8.52. The molecule has 3 aliphatic rings. The van der Waals surface area contributed by atoms with E-state index in [0.29, 0.717) is 17.9 Å². The predicted octanol–water partition coefficient (Wildman–Crippen LogP) is 6.40. The lowest BCUT2D eigenvalue weighted by Crippen LogP contribution is -2.35. The summed E-state index contributed by atoms with van der Waals surface area (Å²) in [5.74, 6) is 3.10. The third-order valence-electron chi connectivity index (χ3n) is 6.28. The van der Waals surface area contributed by atoms with Crippen LogP contribution < -0.4 is 5.32 Å². The highest BCUT2D eigenvalue weighted by molar-refractivity contribution is 9.10. The summed E-state index contributed by atoms with van der Waals surface area (Å²) in [5, 5.41) is 4.71. The molecule has 0 spiro atoms. The normalized spacial score (nSPS) is 33.9. The van der Waals surface area contributed by atoms with Gasteiger partial charge in [0.1, 0.15) is 0 Å².